The summed E-state index contributed by atoms with van der Waals surface area (Å²) in [6.45, 7) is 0. The summed E-state index contributed by atoms with van der Waals surface area (Å²) < 4.78 is 27.1. The van der Waals surface area contributed by atoms with E-state index < -0.39 is 10.0 Å². The van der Waals surface area contributed by atoms with Crippen LogP contribution in [0.3, 0.4) is 0 Å². The van der Waals surface area contributed by atoms with E-state index in [-0.39, 0.29) is 25.8 Å². The number of halogens is 4. The van der Waals surface area contributed by atoms with Crippen molar-refractivity contribution in [1.82, 2.24) is 4.98 Å². The van der Waals surface area contributed by atoms with Crippen molar-refractivity contribution < 1.29 is 8.42 Å². The maximum Gasteiger partial charge on any atom is 0.263 e. The van der Waals surface area contributed by atoms with Gasteiger partial charge in [0.1, 0.15) is 10.0 Å². The van der Waals surface area contributed by atoms with E-state index in [2.05, 4.69) is 25.6 Å². The Balaban J connectivity index is 2.41. The summed E-state index contributed by atoms with van der Waals surface area (Å²) in [5, 5.41) is 0.547. The van der Waals surface area contributed by atoms with E-state index in [0.29, 0.717) is 4.47 Å². The van der Waals surface area contributed by atoms with Gasteiger partial charge < -0.3 is 0 Å². The third-order valence-electron chi connectivity index (χ3n) is 2.28. The number of aromatic nitrogens is 1. The SMILES string of the molecule is O=S(=O)(Nc1cccc(Cl)c1Cl)c1cnc(Cl)c(Br)c1. The smallest absolute Gasteiger partial charge is 0.263 e. The van der Waals surface area contributed by atoms with Crippen LogP contribution in [0.4, 0.5) is 5.69 Å². The number of sulfonamides is 1. The predicted molar refractivity (Wildman–Crippen MR) is 84.2 cm³/mol. The van der Waals surface area contributed by atoms with Crippen molar-refractivity contribution in [3.05, 3.63) is 50.1 Å². The summed E-state index contributed by atoms with van der Waals surface area (Å²) in [6, 6.07) is 5.99. The van der Waals surface area contributed by atoms with Crippen LogP contribution >= 0.6 is 50.7 Å². The highest BCUT2D eigenvalue weighted by molar-refractivity contribution is 9.10. The first kappa shape index (κ1) is 15.9. The highest BCUT2D eigenvalue weighted by atomic mass is 79.9. The van der Waals surface area contributed by atoms with Gasteiger partial charge >= 0.3 is 0 Å². The Kier molecular flexibility index (Phi) is 4.81. The molecule has 0 bridgehead atoms. The monoisotopic (exact) mass is 414 g/mol. The van der Waals surface area contributed by atoms with Crippen LogP contribution in [0.1, 0.15) is 0 Å². The lowest BCUT2D eigenvalue weighted by Gasteiger charge is -2.10. The molecule has 0 saturated carbocycles. The number of hydrogen-bond donors (Lipinski definition) is 1. The summed E-state index contributed by atoms with van der Waals surface area (Å²) in [6.07, 6.45) is 1.15. The molecule has 1 N–H and O–H groups in total. The van der Waals surface area contributed by atoms with Crippen molar-refractivity contribution in [3.63, 3.8) is 0 Å². The molecule has 0 radical (unpaired) electrons. The molecular weight excluding hydrogens is 410 g/mol. The Morgan fingerprint density at radius 1 is 1.20 bits per heavy atom. The fourth-order valence-electron chi connectivity index (χ4n) is 1.34. The third-order valence-corrected chi connectivity index (χ3v) is 5.56. The number of hydrogen-bond acceptors (Lipinski definition) is 3. The summed E-state index contributed by atoms with van der Waals surface area (Å²) in [7, 11) is -3.84. The van der Waals surface area contributed by atoms with Crippen molar-refractivity contribution in [3.8, 4) is 0 Å². The number of anilines is 1. The summed E-state index contributed by atoms with van der Waals surface area (Å²) in [5.41, 5.74) is 0.185. The molecular formula is C11H6BrCl3N2O2S. The zero-order valence-corrected chi connectivity index (χ0v) is 14.2. The van der Waals surface area contributed by atoms with Crippen molar-refractivity contribution >= 4 is 66.4 Å². The van der Waals surface area contributed by atoms with Crippen molar-refractivity contribution in [2.24, 2.45) is 0 Å². The molecule has 20 heavy (non-hydrogen) atoms. The molecule has 0 atom stereocenters. The minimum atomic E-state index is -3.84. The molecule has 0 aliphatic rings. The van der Waals surface area contributed by atoms with Gasteiger partial charge in [0.05, 0.1) is 20.2 Å². The first-order valence-corrected chi connectivity index (χ1v) is 8.50. The number of benzene rings is 1. The van der Waals surface area contributed by atoms with E-state index in [1.165, 1.54) is 12.1 Å². The van der Waals surface area contributed by atoms with Gasteiger partial charge in [-0.3, -0.25) is 4.72 Å². The van der Waals surface area contributed by atoms with Gasteiger partial charge in [-0.05, 0) is 34.1 Å². The molecule has 1 aromatic carbocycles. The maximum absolute atomic E-state index is 12.2. The third kappa shape index (κ3) is 3.38. The molecule has 0 aliphatic heterocycles. The molecule has 2 aromatic rings. The van der Waals surface area contributed by atoms with E-state index in [9.17, 15) is 8.42 Å². The predicted octanol–water partition coefficient (Wildman–Crippen LogP) is 4.61. The quantitative estimate of drug-likeness (QED) is 0.744. The van der Waals surface area contributed by atoms with Crippen molar-refractivity contribution in [2.75, 3.05) is 4.72 Å². The molecule has 0 unspecified atom stereocenters. The van der Waals surface area contributed by atoms with Crippen LogP contribution in [0.5, 0.6) is 0 Å². The second-order valence-electron chi connectivity index (χ2n) is 3.65. The average Bonchev–Trinajstić information content (AvgIpc) is 2.38. The van der Waals surface area contributed by atoms with Gasteiger partial charge in [-0.2, -0.15) is 0 Å². The Morgan fingerprint density at radius 3 is 2.55 bits per heavy atom. The molecule has 0 saturated heterocycles. The van der Waals surface area contributed by atoms with Gasteiger partial charge in [0.25, 0.3) is 10.0 Å². The number of nitrogens with one attached hydrogen (secondary N) is 1. The fourth-order valence-corrected chi connectivity index (χ4v) is 3.39. The second kappa shape index (κ2) is 6.07. The van der Waals surface area contributed by atoms with E-state index in [1.807, 2.05) is 0 Å². The maximum atomic E-state index is 12.2. The first-order chi connectivity index (χ1) is 9.31. The molecule has 9 heteroatoms. The van der Waals surface area contributed by atoms with Crippen LogP contribution in [0.15, 0.2) is 39.8 Å². The molecule has 0 fully saturated rings. The minimum absolute atomic E-state index is 0.0511. The molecule has 0 spiro atoms. The zero-order chi connectivity index (χ0) is 14.9. The Labute approximate surface area is 139 Å². The molecule has 4 nitrogen and oxygen atoms in total. The molecule has 2 rings (SSSR count). The molecule has 1 aromatic heterocycles. The van der Waals surface area contributed by atoms with Crippen LogP contribution in [0.2, 0.25) is 15.2 Å². The minimum Gasteiger partial charge on any atom is -0.278 e. The lowest BCUT2D eigenvalue weighted by molar-refractivity contribution is 0.600. The Bertz CT molecular complexity index is 768. The average molecular weight is 417 g/mol. The normalized spacial score (nSPS) is 11.4. The Morgan fingerprint density at radius 2 is 1.90 bits per heavy atom. The lowest BCUT2D eigenvalue weighted by Crippen LogP contribution is -2.13. The summed E-state index contributed by atoms with van der Waals surface area (Å²) >= 11 is 20.6. The number of rotatable bonds is 3. The standard InChI is InChI=1S/C11H6BrCl3N2O2S/c12-7-4-6(5-16-11(7)15)20(18,19)17-9-3-1-2-8(13)10(9)14/h1-5,17H. The van der Waals surface area contributed by atoms with Gasteiger partial charge in [-0.1, -0.05) is 40.9 Å². The summed E-state index contributed by atoms with van der Waals surface area (Å²) in [4.78, 5) is 3.72. The van der Waals surface area contributed by atoms with Crippen LogP contribution in [-0.4, -0.2) is 13.4 Å². The zero-order valence-electron chi connectivity index (χ0n) is 9.57. The first-order valence-electron chi connectivity index (χ1n) is 5.09. The summed E-state index contributed by atoms with van der Waals surface area (Å²) in [5.74, 6) is 0. The highest BCUT2D eigenvalue weighted by Crippen LogP contribution is 2.31. The van der Waals surface area contributed by atoms with Gasteiger partial charge in [-0.25, -0.2) is 13.4 Å². The van der Waals surface area contributed by atoms with Gasteiger partial charge in [-0.15, -0.1) is 0 Å². The lowest BCUT2D eigenvalue weighted by atomic mass is 10.3. The highest BCUT2D eigenvalue weighted by Gasteiger charge is 2.18. The van der Waals surface area contributed by atoms with Crippen molar-refractivity contribution in [2.45, 2.75) is 4.90 Å². The Hall–Kier alpha value is -0.530. The van der Waals surface area contributed by atoms with E-state index in [1.54, 1.807) is 12.1 Å². The largest absolute Gasteiger partial charge is 0.278 e. The molecule has 0 amide bonds. The van der Waals surface area contributed by atoms with E-state index in [4.69, 9.17) is 34.8 Å². The topological polar surface area (TPSA) is 59.1 Å². The van der Waals surface area contributed by atoms with E-state index >= 15 is 0 Å². The van der Waals surface area contributed by atoms with Gasteiger partial charge in [0.2, 0.25) is 0 Å². The second-order valence-corrected chi connectivity index (χ2v) is 7.33. The fraction of sp³-hybridized carbons (Fsp3) is 0. The molecule has 1 heterocycles. The van der Waals surface area contributed by atoms with Gasteiger partial charge in [0, 0.05) is 6.20 Å². The number of nitrogens with zero attached hydrogens (tertiary/aromatic N) is 1. The van der Waals surface area contributed by atoms with Crippen LogP contribution in [0.25, 0.3) is 0 Å². The van der Waals surface area contributed by atoms with Gasteiger partial charge in [0.15, 0.2) is 0 Å². The molecule has 0 aliphatic carbocycles. The van der Waals surface area contributed by atoms with E-state index in [0.717, 1.165) is 6.20 Å². The number of pyridine rings is 1. The van der Waals surface area contributed by atoms with Crippen LogP contribution in [0, 0.1) is 0 Å². The molecule has 106 valence electrons. The van der Waals surface area contributed by atoms with Crippen LogP contribution in [-0.2, 0) is 10.0 Å². The van der Waals surface area contributed by atoms with Crippen molar-refractivity contribution in [1.29, 1.82) is 0 Å². The van der Waals surface area contributed by atoms with Crippen LogP contribution < -0.4 is 4.72 Å².